The molecular formula is C19H24N2O5. The van der Waals surface area contributed by atoms with Gasteiger partial charge in [0.2, 0.25) is 0 Å². The zero-order valence-electron chi connectivity index (χ0n) is 14.6. The monoisotopic (exact) mass is 360 g/mol. The van der Waals surface area contributed by atoms with Crippen molar-refractivity contribution < 1.29 is 24.5 Å². The van der Waals surface area contributed by atoms with Gasteiger partial charge in [-0.3, -0.25) is 0 Å². The first-order chi connectivity index (χ1) is 12.5. The number of nitrogen functional groups attached to an aromatic ring is 1. The highest BCUT2D eigenvalue weighted by Gasteiger charge is 2.19. The second-order valence-electron chi connectivity index (χ2n) is 5.83. The number of amides is 1. The second kappa shape index (κ2) is 9.65. The number of ether oxygens (including phenoxy) is 2. The van der Waals surface area contributed by atoms with Crippen LogP contribution in [0.15, 0.2) is 48.5 Å². The molecule has 5 N–H and O–H groups in total. The molecule has 0 fully saturated rings. The fraction of sp³-hybridized carbons (Fsp3) is 0.316. The van der Waals surface area contributed by atoms with E-state index in [0.29, 0.717) is 17.0 Å². The van der Waals surface area contributed by atoms with E-state index < -0.39 is 18.3 Å². The van der Waals surface area contributed by atoms with Crippen molar-refractivity contribution in [3.63, 3.8) is 0 Å². The maximum atomic E-state index is 11.7. The molecule has 0 saturated carbocycles. The molecular weight excluding hydrogens is 336 g/mol. The number of nitrogens with two attached hydrogens (primary N) is 1. The summed E-state index contributed by atoms with van der Waals surface area (Å²) in [5.41, 5.74) is 7.50. The number of anilines is 1. The Bertz CT molecular complexity index is 708. The van der Waals surface area contributed by atoms with Crippen molar-refractivity contribution in [1.29, 1.82) is 0 Å². The summed E-state index contributed by atoms with van der Waals surface area (Å²) in [7, 11) is 1.49. The van der Waals surface area contributed by atoms with Crippen LogP contribution in [-0.4, -0.2) is 36.1 Å². The molecule has 0 aliphatic heterocycles. The summed E-state index contributed by atoms with van der Waals surface area (Å²) in [5.74, 6) is 0.494. The van der Waals surface area contributed by atoms with E-state index in [9.17, 15) is 15.0 Å². The highest BCUT2D eigenvalue weighted by Crippen LogP contribution is 2.26. The van der Waals surface area contributed by atoms with Gasteiger partial charge >= 0.3 is 6.09 Å². The van der Waals surface area contributed by atoms with Crippen LogP contribution in [0, 0.1) is 0 Å². The smallest absolute Gasteiger partial charge is 0.407 e. The normalized spacial score (nSPS) is 12.9. The van der Waals surface area contributed by atoms with E-state index >= 15 is 0 Å². The van der Waals surface area contributed by atoms with Crippen LogP contribution >= 0.6 is 0 Å². The van der Waals surface area contributed by atoms with Crippen molar-refractivity contribution >= 4 is 11.8 Å². The molecule has 0 bridgehead atoms. The van der Waals surface area contributed by atoms with Crippen molar-refractivity contribution in [2.75, 3.05) is 19.4 Å². The van der Waals surface area contributed by atoms with E-state index in [1.807, 2.05) is 30.3 Å². The molecule has 2 rings (SSSR count). The highest BCUT2D eigenvalue weighted by molar-refractivity contribution is 5.67. The maximum absolute atomic E-state index is 11.7. The topological polar surface area (TPSA) is 114 Å². The molecule has 0 spiro atoms. The van der Waals surface area contributed by atoms with Gasteiger partial charge in [-0.15, -0.1) is 0 Å². The third-order valence-electron chi connectivity index (χ3n) is 3.82. The SMILES string of the molecule is COc1cc(N)cc(C(O)C(O)CCNC(=O)OCc2ccccc2)c1. The van der Waals surface area contributed by atoms with Crippen LogP contribution in [0.25, 0.3) is 0 Å². The highest BCUT2D eigenvalue weighted by atomic mass is 16.5. The Morgan fingerprint density at radius 2 is 1.92 bits per heavy atom. The van der Waals surface area contributed by atoms with Crippen LogP contribution in [0.1, 0.15) is 23.7 Å². The Labute approximate surface area is 152 Å². The number of nitrogens with one attached hydrogen (secondary N) is 1. The van der Waals surface area contributed by atoms with Gasteiger partial charge in [0, 0.05) is 18.3 Å². The summed E-state index contributed by atoms with van der Waals surface area (Å²) in [6.45, 7) is 0.326. The van der Waals surface area contributed by atoms with Crippen molar-refractivity contribution in [1.82, 2.24) is 5.32 Å². The number of methoxy groups -OCH3 is 1. The number of carbonyl (C=O) groups is 1. The van der Waals surface area contributed by atoms with Crippen LogP contribution < -0.4 is 15.8 Å². The van der Waals surface area contributed by atoms with Gasteiger partial charge in [-0.25, -0.2) is 4.79 Å². The molecule has 0 aromatic heterocycles. The molecule has 0 aliphatic rings. The first-order valence-corrected chi connectivity index (χ1v) is 8.24. The van der Waals surface area contributed by atoms with Gasteiger partial charge in [-0.1, -0.05) is 30.3 Å². The summed E-state index contributed by atoms with van der Waals surface area (Å²) < 4.78 is 10.2. The summed E-state index contributed by atoms with van der Waals surface area (Å²) in [5, 5.41) is 22.9. The zero-order chi connectivity index (χ0) is 18.9. The third-order valence-corrected chi connectivity index (χ3v) is 3.82. The average molecular weight is 360 g/mol. The van der Waals surface area contributed by atoms with E-state index in [0.717, 1.165) is 5.56 Å². The molecule has 0 heterocycles. The standard InChI is InChI=1S/C19H24N2O5/c1-25-16-10-14(9-15(20)11-16)18(23)17(22)7-8-21-19(24)26-12-13-5-3-2-4-6-13/h2-6,9-11,17-18,22-23H,7-8,12,20H2,1H3,(H,21,24). The number of aliphatic hydroxyl groups is 2. The average Bonchev–Trinajstić information content (AvgIpc) is 2.65. The van der Waals surface area contributed by atoms with E-state index in [1.54, 1.807) is 18.2 Å². The maximum Gasteiger partial charge on any atom is 0.407 e. The number of alkyl carbamates (subject to hydrolysis) is 1. The molecule has 2 aromatic rings. The number of hydrogen-bond acceptors (Lipinski definition) is 6. The largest absolute Gasteiger partial charge is 0.497 e. The molecule has 2 unspecified atom stereocenters. The van der Waals surface area contributed by atoms with Crippen molar-refractivity contribution in [2.45, 2.75) is 25.2 Å². The Morgan fingerprint density at radius 1 is 1.19 bits per heavy atom. The lowest BCUT2D eigenvalue weighted by molar-refractivity contribution is 0.0136. The number of aliphatic hydroxyl groups excluding tert-OH is 2. The lowest BCUT2D eigenvalue weighted by Crippen LogP contribution is -2.29. The minimum absolute atomic E-state index is 0.152. The van der Waals surface area contributed by atoms with Gasteiger partial charge in [-0.05, 0) is 29.7 Å². The number of carbonyl (C=O) groups excluding carboxylic acids is 1. The Balaban J connectivity index is 1.76. The fourth-order valence-electron chi connectivity index (χ4n) is 2.41. The van der Waals surface area contributed by atoms with Crippen LogP contribution in [0.4, 0.5) is 10.5 Å². The summed E-state index contributed by atoms with van der Waals surface area (Å²) in [6, 6.07) is 14.1. The molecule has 0 radical (unpaired) electrons. The third kappa shape index (κ3) is 5.94. The van der Waals surface area contributed by atoms with E-state index in [1.165, 1.54) is 7.11 Å². The zero-order valence-corrected chi connectivity index (χ0v) is 14.6. The van der Waals surface area contributed by atoms with Gasteiger partial charge in [0.25, 0.3) is 0 Å². The van der Waals surface area contributed by atoms with Crippen LogP contribution in [0.5, 0.6) is 5.75 Å². The predicted octanol–water partition coefficient (Wildman–Crippen LogP) is 1.99. The predicted molar refractivity (Wildman–Crippen MR) is 97.6 cm³/mol. The number of hydrogen-bond donors (Lipinski definition) is 4. The van der Waals surface area contributed by atoms with Gasteiger partial charge in [0.05, 0.1) is 13.2 Å². The van der Waals surface area contributed by atoms with E-state index in [-0.39, 0.29) is 19.6 Å². The molecule has 26 heavy (non-hydrogen) atoms. The summed E-state index contributed by atoms with van der Waals surface area (Å²) in [4.78, 5) is 11.7. The molecule has 140 valence electrons. The molecule has 7 nitrogen and oxygen atoms in total. The van der Waals surface area contributed by atoms with Gasteiger partial charge < -0.3 is 30.7 Å². The molecule has 1 amide bonds. The molecule has 2 atom stereocenters. The Morgan fingerprint density at radius 3 is 2.62 bits per heavy atom. The Hall–Kier alpha value is -2.77. The summed E-state index contributed by atoms with van der Waals surface area (Å²) >= 11 is 0. The number of rotatable bonds is 8. The Kier molecular flexibility index (Phi) is 7.25. The van der Waals surface area contributed by atoms with E-state index in [4.69, 9.17) is 15.2 Å². The molecule has 2 aromatic carbocycles. The van der Waals surface area contributed by atoms with Crippen LogP contribution in [0.2, 0.25) is 0 Å². The first kappa shape index (κ1) is 19.6. The quantitative estimate of drug-likeness (QED) is 0.535. The fourth-order valence-corrected chi connectivity index (χ4v) is 2.41. The van der Waals surface area contributed by atoms with Crippen molar-refractivity contribution in [3.8, 4) is 5.75 Å². The van der Waals surface area contributed by atoms with Crippen molar-refractivity contribution in [3.05, 3.63) is 59.7 Å². The minimum Gasteiger partial charge on any atom is -0.497 e. The lowest BCUT2D eigenvalue weighted by Gasteiger charge is -2.19. The lowest BCUT2D eigenvalue weighted by atomic mass is 10.0. The van der Waals surface area contributed by atoms with Crippen LogP contribution in [-0.2, 0) is 11.3 Å². The number of benzene rings is 2. The minimum atomic E-state index is -1.14. The summed E-state index contributed by atoms with van der Waals surface area (Å²) in [6.07, 6.45) is -2.65. The van der Waals surface area contributed by atoms with E-state index in [2.05, 4.69) is 5.32 Å². The van der Waals surface area contributed by atoms with Crippen LogP contribution in [0.3, 0.4) is 0 Å². The molecule has 0 aliphatic carbocycles. The second-order valence-corrected chi connectivity index (χ2v) is 5.83. The first-order valence-electron chi connectivity index (χ1n) is 8.24. The molecule has 0 saturated heterocycles. The molecule has 7 heteroatoms. The van der Waals surface area contributed by atoms with Crippen molar-refractivity contribution in [2.24, 2.45) is 0 Å². The van der Waals surface area contributed by atoms with Gasteiger partial charge in [0.1, 0.15) is 18.5 Å². The van der Waals surface area contributed by atoms with Gasteiger partial charge in [0.15, 0.2) is 0 Å². The van der Waals surface area contributed by atoms with Gasteiger partial charge in [-0.2, -0.15) is 0 Å².